The SMILES string of the molecule is CCc1ccc(C(N)CCC(=O)O)cc1. The zero-order chi connectivity index (χ0) is 11.3. The molecule has 82 valence electrons. The Kier molecular flexibility index (Phi) is 4.31. The summed E-state index contributed by atoms with van der Waals surface area (Å²) in [4.78, 5) is 10.4. The third kappa shape index (κ3) is 3.72. The molecule has 1 rings (SSSR count). The van der Waals surface area contributed by atoms with Crippen LogP contribution in [0.25, 0.3) is 0 Å². The molecule has 1 aromatic rings. The van der Waals surface area contributed by atoms with Gasteiger partial charge in [0.2, 0.25) is 0 Å². The smallest absolute Gasteiger partial charge is 0.303 e. The lowest BCUT2D eigenvalue weighted by atomic mass is 10.0. The van der Waals surface area contributed by atoms with E-state index in [0.29, 0.717) is 6.42 Å². The lowest BCUT2D eigenvalue weighted by molar-refractivity contribution is -0.137. The fraction of sp³-hybridized carbons (Fsp3) is 0.417. The molecule has 0 bridgehead atoms. The first-order valence-corrected chi connectivity index (χ1v) is 5.19. The largest absolute Gasteiger partial charge is 0.481 e. The van der Waals surface area contributed by atoms with E-state index in [1.165, 1.54) is 5.56 Å². The van der Waals surface area contributed by atoms with Crippen molar-refractivity contribution in [3.63, 3.8) is 0 Å². The lowest BCUT2D eigenvalue weighted by Gasteiger charge is -2.10. The van der Waals surface area contributed by atoms with E-state index >= 15 is 0 Å². The summed E-state index contributed by atoms with van der Waals surface area (Å²) in [5, 5.41) is 8.54. The Morgan fingerprint density at radius 2 is 2.00 bits per heavy atom. The van der Waals surface area contributed by atoms with Gasteiger partial charge in [0, 0.05) is 12.5 Å². The van der Waals surface area contributed by atoms with Crippen molar-refractivity contribution >= 4 is 5.97 Å². The number of hydrogen-bond acceptors (Lipinski definition) is 2. The average molecular weight is 207 g/mol. The van der Waals surface area contributed by atoms with E-state index in [-0.39, 0.29) is 12.5 Å². The van der Waals surface area contributed by atoms with Crippen LogP contribution in [0.5, 0.6) is 0 Å². The van der Waals surface area contributed by atoms with E-state index in [1.54, 1.807) is 0 Å². The van der Waals surface area contributed by atoms with Gasteiger partial charge in [-0.3, -0.25) is 4.79 Å². The molecule has 0 heterocycles. The zero-order valence-corrected chi connectivity index (χ0v) is 8.94. The van der Waals surface area contributed by atoms with Crippen molar-refractivity contribution in [1.29, 1.82) is 0 Å². The van der Waals surface area contributed by atoms with E-state index in [0.717, 1.165) is 12.0 Å². The van der Waals surface area contributed by atoms with Crippen molar-refractivity contribution in [2.75, 3.05) is 0 Å². The van der Waals surface area contributed by atoms with Gasteiger partial charge in [-0.05, 0) is 24.0 Å². The van der Waals surface area contributed by atoms with Gasteiger partial charge in [-0.25, -0.2) is 0 Å². The number of aryl methyl sites for hydroxylation is 1. The number of nitrogens with two attached hydrogens (primary N) is 1. The van der Waals surface area contributed by atoms with Gasteiger partial charge >= 0.3 is 5.97 Å². The van der Waals surface area contributed by atoms with Crippen LogP contribution < -0.4 is 5.73 Å². The molecule has 3 heteroatoms. The van der Waals surface area contributed by atoms with Gasteiger partial charge in [-0.15, -0.1) is 0 Å². The van der Waals surface area contributed by atoms with Crippen LogP contribution in [-0.4, -0.2) is 11.1 Å². The highest BCUT2D eigenvalue weighted by Gasteiger charge is 2.07. The van der Waals surface area contributed by atoms with Crippen molar-refractivity contribution in [2.24, 2.45) is 5.73 Å². The average Bonchev–Trinajstić information content (AvgIpc) is 2.26. The first kappa shape index (κ1) is 11.7. The van der Waals surface area contributed by atoms with E-state index in [1.807, 2.05) is 24.3 Å². The highest BCUT2D eigenvalue weighted by Crippen LogP contribution is 2.16. The molecule has 3 N–H and O–H groups in total. The van der Waals surface area contributed by atoms with Crippen LogP contribution in [0.15, 0.2) is 24.3 Å². The second-order valence-electron chi connectivity index (χ2n) is 3.63. The maximum Gasteiger partial charge on any atom is 0.303 e. The van der Waals surface area contributed by atoms with Crippen LogP contribution in [0, 0.1) is 0 Å². The fourth-order valence-corrected chi connectivity index (χ4v) is 1.45. The molecule has 0 saturated carbocycles. The monoisotopic (exact) mass is 207 g/mol. The van der Waals surface area contributed by atoms with Gasteiger partial charge in [0.05, 0.1) is 0 Å². The molecular weight excluding hydrogens is 190 g/mol. The number of hydrogen-bond donors (Lipinski definition) is 2. The third-order valence-corrected chi connectivity index (χ3v) is 2.49. The molecule has 0 aliphatic rings. The van der Waals surface area contributed by atoms with Crippen LogP contribution in [-0.2, 0) is 11.2 Å². The topological polar surface area (TPSA) is 63.3 Å². The predicted molar refractivity (Wildman–Crippen MR) is 59.6 cm³/mol. The molecule has 0 amide bonds. The zero-order valence-electron chi connectivity index (χ0n) is 8.94. The van der Waals surface area contributed by atoms with Crippen LogP contribution in [0.4, 0.5) is 0 Å². The molecule has 1 atom stereocenters. The Labute approximate surface area is 89.9 Å². The van der Waals surface area contributed by atoms with Crippen LogP contribution >= 0.6 is 0 Å². The van der Waals surface area contributed by atoms with E-state index in [4.69, 9.17) is 10.8 Å². The van der Waals surface area contributed by atoms with Gasteiger partial charge in [0.1, 0.15) is 0 Å². The summed E-state index contributed by atoms with van der Waals surface area (Å²) >= 11 is 0. The van der Waals surface area contributed by atoms with Gasteiger partial charge in [-0.1, -0.05) is 31.2 Å². The Bertz CT molecular complexity index is 319. The van der Waals surface area contributed by atoms with Crippen LogP contribution in [0.2, 0.25) is 0 Å². The standard InChI is InChI=1S/C12H17NO2/c1-2-9-3-5-10(6-4-9)11(13)7-8-12(14)15/h3-6,11H,2,7-8,13H2,1H3,(H,14,15). The number of rotatable bonds is 5. The van der Waals surface area contributed by atoms with Crippen molar-refractivity contribution in [2.45, 2.75) is 32.2 Å². The summed E-state index contributed by atoms with van der Waals surface area (Å²) in [6, 6.07) is 7.86. The number of benzene rings is 1. The quantitative estimate of drug-likeness (QED) is 0.777. The summed E-state index contributed by atoms with van der Waals surface area (Å²) in [5.41, 5.74) is 8.15. The molecular formula is C12H17NO2. The Morgan fingerprint density at radius 1 is 1.40 bits per heavy atom. The Balaban J connectivity index is 2.57. The summed E-state index contributed by atoms with van der Waals surface area (Å²) in [7, 11) is 0. The van der Waals surface area contributed by atoms with E-state index < -0.39 is 5.97 Å². The van der Waals surface area contributed by atoms with Crippen LogP contribution in [0.3, 0.4) is 0 Å². The van der Waals surface area contributed by atoms with Gasteiger partial charge in [-0.2, -0.15) is 0 Å². The summed E-state index contributed by atoms with van der Waals surface area (Å²) in [6.45, 7) is 2.10. The molecule has 0 saturated heterocycles. The number of aliphatic carboxylic acids is 1. The number of carboxylic acid groups (broad SMARTS) is 1. The second-order valence-corrected chi connectivity index (χ2v) is 3.63. The number of carbonyl (C=O) groups is 1. The summed E-state index contributed by atoms with van der Waals surface area (Å²) < 4.78 is 0. The first-order valence-electron chi connectivity index (χ1n) is 5.19. The molecule has 0 aromatic heterocycles. The molecule has 0 aliphatic heterocycles. The lowest BCUT2D eigenvalue weighted by Crippen LogP contribution is -2.12. The molecule has 3 nitrogen and oxygen atoms in total. The second kappa shape index (κ2) is 5.51. The molecule has 1 aromatic carbocycles. The maximum absolute atomic E-state index is 10.4. The fourth-order valence-electron chi connectivity index (χ4n) is 1.45. The highest BCUT2D eigenvalue weighted by molar-refractivity contribution is 5.66. The maximum atomic E-state index is 10.4. The Morgan fingerprint density at radius 3 is 2.47 bits per heavy atom. The van der Waals surface area contributed by atoms with Crippen molar-refractivity contribution in [3.8, 4) is 0 Å². The van der Waals surface area contributed by atoms with Gasteiger partial charge in [0.25, 0.3) is 0 Å². The minimum Gasteiger partial charge on any atom is -0.481 e. The van der Waals surface area contributed by atoms with Crippen molar-refractivity contribution in [3.05, 3.63) is 35.4 Å². The minimum absolute atomic E-state index is 0.122. The molecule has 0 spiro atoms. The number of carboxylic acids is 1. The van der Waals surface area contributed by atoms with Gasteiger partial charge in [0.15, 0.2) is 0 Å². The Hall–Kier alpha value is -1.35. The van der Waals surface area contributed by atoms with E-state index in [2.05, 4.69) is 6.92 Å². The van der Waals surface area contributed by atoms with Crippen molar-refractivity contribution in [1.82, 2.24) is 0 Å². The molecule has 0 fully saturated rings. The normalized spacial score (nSPS) is 12.4. The minimum atomic E-state index is -0.796. The van der Waals surface area contributed by atoms with Crippen LogP contribution in [0.1, 0.15) is 36.9 Å². The first-order chi connectivity index (χ1) is 7.13. The molecule has 15 heavy (non-hydrogen) atoms. The molecule has 0 aliphatic carbocycles. The molecule has 0 radical (unpaired) electrons. The summed E-state index contributed by atoms with van der Waals surface area (Å²) in [6.07, 6.45) is 1.61. The molecule has 1 unspecified atom stereocenters. The van der Waals surface area contributed by atoms with Gasteiger partial charge < -0.3 is 10.8 Å². The van der Waals surface area contributed by atoms with Crippen molar-refractivity contribution < 1.29 is 9.90 Å². The predicted octanol–water partition coefficient (Wildman–Crippen LogP) is 2.11. The highest BCUT2D eigenvalue weighted by atomic mass is 16.4. The van der Waals surface area contributed by atoms with E-state index in [9.17, 15) is 4.79 Å². The third-order valence-electron chi connectivity index (χ3n) is 2.49. The summed E-state index contributed by atoms with van der Waals surface area (Å²) in [5.74, 6) is -0.796.